The van der Waals surface area contributed by atoms with E-state index in [0.717, 1.165) is 22.7 Å². The molecule has 1 aromatic heterocycles. The summed E-state index contributed by atoms with van der Waals surface area (Å²) in [5.74, 6) is -0.282. The highest BCUT2D eigenvalue weighted by Gasteiger charge is 2.13. The van der Waals surface area contributed by atoms with E-state index in [1.165, 1.54) is 11.8 Å². The number of alkyl carbamates (subject to hydrolysis) is 1. The zero-order valence-corrected chi connectivity index (χ0v) is 12.8. The lowest BCUT2D eigenvalue weighted by Crippen LogP contribution is -2.32. The van der Waals surface area contributed by atoms with Crippen LogP contribution in [0.5, 0.6) is 0 Å². The summed E-state index contributed by atoms with van der Waals surface area (Å²) in [6.07, 6.45) is -0.716. The number of hydrogen-bond acceptors (Lipinski definition) is 5. The van der Waals surface area contributed by atoms with E-state index in [1.807, 2.05) is 35.8 Å². The van der Waals surface area contributed by atoms with Crippen LogP contribution in [-0.2, 0) is 16.1 Å². The van der Waals surface area contributed by atoms with Crippen LogP contribution in [-0.4, -0.2) is 33.9 Å². The van der Waals surface area contributed by atoms with Gasteiger partial charge in [-0.3, -0.25) is 10.1 Å². The molecule has 0 bridgehead atoms. The normalized spacial score (nSPS) is 10.6. The minimum absolute atomic E-state index is 0.113. The molecule has 1 N–H and O–H groups in total. The van der Waals surface area contributed by atoms with Gasteiger partial charge >= 0.3 is 6.09 Å². The number of carbonyl (C=O) groups is 2. The number of fused-ring (bicyclic) bond motifs is 1. The second kappa shape index (κ2) is 7.12. The van der Waals surface area contributed by atoms with Crippen molar-refractivity contribution in [3.8, 4) is 0 Å². The Hall–Kier alpha value is -2.02. The third-order valence-corrected chi connectivity index (χ3v) is 3.76. The Bertz CT molecular complexity index is 654. The molecule has 1 aromatic carbocycles. The van der Waals surface area contributed by atoms with Crippen LogP contribution in [0.25, 0.3) is 11.0 Å². The predicted molar refractivity (Wildman–Crippen MR) is 81.3 cm³/mol. The Morgan fingerprint density at radius 1 is 1.33 bits per heavy atom. The van der Waals surface area contributed by atoms with Crippen LogP contribution in [0.3, 0.4) is 0 Å². The number of ether oxygens (including phenoxy) is 1. The van der Waals surface area contributed by atoms with Gasteiger partial charge in [0.1, 0.15) is 0 Å². The minimum atomic E-state index is -0.716. The molecule has 0 unspecified atom stereocenters. The number of aromatic nitrogens is 2. The smallest absolute Gasteiger partial charge is 0.413 e. The number of amides is 2. The van der Waals surface area contributed by atoms with Gasteiger partial charge in [-0.05, 0) is 26.0 Å². The minimum Gasteiger partial charge on any atom is -0.450 e. The quantitative estimate of drug-likeness (QED) is 0.859. The van der Waals surface area contributed by atoms with E-state index in [9.17, 15) is 9.59 Å². The number of nitrogens with one attached hydrogen (secondary N) is 1. The number of imide groups is 1. The number of carbonyl (C=O) groups excluding carboxylic acids is 2. The van der Waals surface area contributed by atoms with Crippen LogP contribution in [0.1, 0.15) is 13.8 Å². The Balaban J connectivity index is 2.03. The largest absolute Gasteiger partial charge is 0.450 e. The summed E-state index contributed by atoms with van der Waals surface area (Å²) in [5, 5.41) is 2.93. The van der Waals surface area contributed by atoms with Crippen LogP contribution in [0, 0.1) is 0 Å². The lowest BCUT2D eigenvalue weighted by atomic mass is 10.3. The van der Waals surface area contributed by atoms with Crippen molar-refractivity contribution in [2.45, 2.75) is 25.5 Å². The fourth-order valence-electron chi connectivity index (χ4n) is 1.92. The highest BCUT2D eigenvalue weighted by molar-refractivity contribution is 7.99. The molecular formula is C14H17N3O3S. The molecule has 21 heavy (non-hydrogen) atoms. The van der Waals surface area contributed by atoms with E-state index >= 15 is 0 Å². The van der Waals surface area contributed by atoms with Crippen LogP contribution in [0.15, 0.2) is 29.4 Å². The van der Waals surface area contributed by atoms with E-state index in [4.69, 9.17) is 0 Å². The first-order valence-corrected chi connectivity index (χ1v) is 7.69. The molecule has 0 aliphatic rings. The Labute approximate surface area is 126 Å². The fourth-order valence-corrected chi connectivity index (χ4v) is 2.79. The highest BCUT2D eigenvalue weighted by atomic mass is 32.2. The zero-order chi connectivity index (χ0) is 15.2. The van der Waals surface area contributed by atoms with Crippen molar-refractivity contribution in [3.05, 3.63) is 24.3 Å². The molecule has 2 amide bonds. The number of imidazole rings is 1. The molecule has 6 nitrogen and oxygen atoms in total. The van der Waals surface area contributed by atoms with Gasteiger partial charge in [-0.2, -0.15) is 0 Å². The summed E-state index contributed by atoms with van der Waals surface area (Å²) in [4.78, 5) is 27.3. The van der Waals surface area contributed by atoms with Gasteiger partial charge in [-0.25, -0.2) is 9.78 Å². The Morgan fingerprint density at radius 2 is 2.10 bits per heavy atom. The van der Waals surface area contributed by atoms with Crippen LogP contribution >= 0.6 is 11.8 Å². The zero-order valence-electron chi connectivity index (χ0n) is 12.0. The van der Waals surface area contributed by atoms with E-state index < -0.39 is 12.0 Å². The molecule has 0 spiro atoms. The SMILES string of the molecule is CCOC(=O)NC(=O)CSc1nc2ccccc2n1CC. The first-order valence-electron chi connectivity index (χ1n) is 6.70. The molecule has 0 saturated heterocycles. The monoisotopic (exact) mass is 307 g/mol. The van der Waals surface area contributed by atoms with Crippen molar-refractivity contribution < 1.29 is 14.3 Å². The van der Waals surface area contributed by atoms with E-state index in [1.54, 1.807) is 6.92 Å². The maximum absolute atomic E-state index is 11.6. The molecule has 112 valence electrons. The van der Waals surface area contributed by atoms with Crippen molar-refractivity contribution in [1.29, 1.82) is 0 Å². The molecule has 0 aliphatic heterocycles. The maximum Gasteiger partial charge on any atom is 0.413 e. The third-order valence-electron chi connectivity index (χ3n) is 2.79. The van der Waals surface area contributed by atoms with Gasteiger partial charge in [0.2, 0.25) is 5.91 Å². The molecule has 0 radical (unpaired) electrons. The second-order valence-corrected chi connectivity index (χ2v) is 5.13. The average molecular weight is 307 g/mol. The van der Waals surface area contributed by atoms with Crippen molar-refractivity contribution >= 4 is 34.8 Å². The van der Waals surface area contributed by atoms with Gasteiger partial charge < -0.3 is 9.30 Å². The molecule has 1 heterocycles. The van der Waals surface area contributed by atoms with Gasteiger partial charge in [0.15, 0.2) is 5.16 Å². The lowest BCUT2D eigenvalue weighted by Gasteiger charge is -2.06. The van der Waals surface area contributed by atoms with E-state index in [-0.39, 0.29) is 12.4 Å². The third kappa shape index (κ3) is 3.75. The van der Waals surface area contributed by atoms with Crippen molar-refractivity contribution in [1.82, 2.24) is 14.9 Å². The van der Waals surface area contributed by atoms with Gasteiger partial charge in [0.05, 0.1) is 23.4 Å². The average Bonchev–Trinajstić information content (AvgIpc) is 2.82. The van der Waals surface area contributed by atoms with Gasteiger partial charge in [0.25, 0.3) is 0 Å². The molecule has 0 saturated carbocycles. The van der Waals surface area contributed by atoms with Gasteiger partial charge in [0, 0.05) is 6.54 Å². The summed E-state index contributed by atoms with van der Waals surface area (Å²) >= 11 is 1.30. The number of nitrogens with zero attached hydrogens (tertiary/aromatic N) is 2. The van der Waals surface area contributed by atoms with Crippen LogP contribution in [0.2, 0.25) is 0 Å². The van der Waals surface area contributed by atoms with Crippen LogP contribution in [0.4, 0.5) is 4.79 Å². The molecule has 2 rings (SSSR count). The molecule has 0 fully saturated rings. The number of benzene rings is 1. The number of rotatable bonds is 5. The van der Waals surface area contributed by atoms with E-state index in [0.29, 0.717) is 0 Å². The Kier molecular flexibility index (Phi) is 5.21. The van der Waals surface area contributed by atoms with E-state index in [2.05, 4.69) is 15.0 Å². The fraction of sp³-hybridized carbons (Fsp3) is 0.357. The molecule has 2 aromatic rings. The summed E-state index contributed by atoms with van der Waals surface area (Å²) in [7, 11) is 0. The summed E-state index contributed by atoms with van der Waals surface area (Å²) < 4.78 is 6.70. The highest BCUT2D eigenvalue weighted by Crippen LogP contribution is 2.23. The summed E-state index contributed by atoms with van der Waals surface area (Å²) in [6.45, 7) is 4.71. The second-order valence-electron chi connectivity index (χ2n) is 4.18. The van der Waals surface area contributed by atoms with Crippen molar-refractivity contribution in [2.24, 2.45) is 0 Å². The molecular weight excluding hydrogens is 290 g/mol. The molecule has 0 atom stereocenters. The predicted octanol–water partition coefficient (Wildman–Crippen LogP) is 2.42. The molecule has 7 heteroatoms. The van der Waals surface area contributed by atoms with Crippen molar-refractivity contribution in [2.75, 3.05) is 12.4 Å². The van der Waals surface area contributed by atoms with Crippen molar-refractivity contribution in [3.63, 3.8) is 0 Å². The first kappa shape index (κ1) is 15.4. The number of hydrogen-bond donors (Lipinski definition) is 1. The number of para-hydroxylation sites is 2. The topological polar surface area (TPSA) is 73.2 Å². The standard InChI is InChI=1S/C14H17N3O3S/c1-3-17-11-8-6-5-7-10(11)15-13(17)21-9-12(18)16-14(19)20-4-2/h5-8H,3-4,9H2,1-2H3,(H,16,18,19). The number of aryl methyl sites for hydroxylation is 1. The van der Waals surface area contributed by atoms with Crippen LogP contribution < -0.4 is 5.32 Å². The first-order chi connectivity index (χ1) is 10.2. The van der Waals surface area contributed by atoms with Gasteiger partial charge in [-0.1, -0.05) is 23.9 Å². The maximum atomic E-state index is 11.6. The summed E-state index contributed by atoms with van der Waals surface area (Å²) in [5.41, 5.74) is 1.93. The van der Waals surface area contributed by atoms with Gasteiger partial charge in [-0.15, -0.1) is 0 Å². The lowest BCUT2D eigenvalue weighted by molar-refractivity contribution is -0.117. The number of thioether (sulfide) groups is 1. The molecule has 0 aliphatic carbocycles. The Morgan fingerprint density at radius 3 is 2.81 bits per heavy atom. The summed E-state index contributed by atoms with van der Waals surface area (Å²) in [6, 6.07) is 7.81.